The molecule has 4 nitrogen and oxygen atoms in total. The van der Waals surface area contributed by atoms with Crippen LogP contribution in [0.15, 0.2) is 47.8 Å². The molecule has 0 saturated heterocycles. The third-order valence-electron chi connectivity index (χ3n) is 2.97. The number of nitrogens with zero attached hydrogens (tertiary/aromatic N) is 2. The van der Waals surface area contributed by atoms with Crippen LogP contribution >= 0.6 is 34.4 Å². The van der Waals surface area contributed by atoms with E-state index in [0.29, 0.717) is 11.6 Å². The zero-order chi connectivity index (χ0) is 15.9. The van der Waals surface area contributed by atoms with Gasteiger partial charge >= 0.3 is 0 Å². The summed E-state index contributed by atoms with van der Waals surface area (Å²) in [6.07, 6.45) is 0.384. The van der Waals surface area contributed by atoms with E-state index < -0.39 is 0 Å². The van der Waals surface area contributed by atoms with Crippen LogP contribution in [0.3, 0.4) is 0 Å². The summed E-state index contributed by atoms with van der Waals surface area (Å²) >= 11 is 4.81. The summed E-state index contributed by atoms with van der Waals surface area (Å²) in [6, 6.07) is 14.2. The number of thioether (sulfide) groups is 1. The van der Waals surface area contributed by atoms with E-state index in [1.807, 2.05) is 35.7 Å². The highest BCUT2D eigenvalue weighted by Crippen LogP contribution is 2.23. The van der Waals surface area contributed by atoms with Gasteiger partial charge in [-0.1, -0.05) is 47.7 Å². The fourth-order valence-electron chi connectivity index (χ4n) is 1.93. The Hall–Kier alpha value is -1.70. The van der Waals surface area contributed by atoms with E-state index in [1.165, 1.54) is 16.9 Å². The van der Waals surface area contributed by atoms with Crippen LogP contribution < -0.4 is 5.32 Å². The van der Waals surface area contributed by atoms with Crippen molar-refractivity contribution in [2.45, 2.75) is 17.9 Å². The zero-order valence-electron chi connectivity index (χ0n) is 12.3. The molecule has 7 heteroatoms. The Balaban J connectivity index is 1.45. The first kappa shape index (κ1) is 16.2. The first-order chi connectivity index (χ1) is 11.3. The lowest BCUT2D eigenvalue weighted by Crippen LogP contribution is -2.13. The second-order valence-corrected chi connectivity index (χ2v) is 7.86. The molecule has 3 aromatic rings. The van der Waals surface area contributed by atoms with Crippen LogP contribution in [-0.2, 0) is 22.7 Å². The highest BCUT2D eigenvalue weighted by molar-refractivity contribution is 7.97. The van der Waals surface area contributed by atoms with E-state index in [9.17, 15) is 4.79 Å². The summed E-state index contributed by atoms with van der Waals surface area (Å²) in [5.74, 6) is 1.69. The van der Waals surface area contributed by atoms with Gasteiger partial charge in [-0.05, 0) is 17.0 Å². The summed E-state index contributed by atoms with van der Waals surface area (Å²) in [7, 11) is 0. The molecule has 0 unspecified atom stereocenters. The molecule has 0 saturated carbocycles. The van der Waals surface area contributed by atoms with Crippen LogP contribution in [0.5, 0.6) is 0 Å². The maximum absolute atomic E-state index is 11.9. The molecule has 0 bridgehead atoms. The predicted molar refractivity (Wildman–Crippen MR) is 98.0 cm³/mol. The monoisotopic (exact) mass is 361 g/mol. The minimum absolute atomic E-state index is 0.0490. The summed E-state index contributed by atoms with van der Waals surface area (Å²) < 4.78 is 0. The molecule has 0 aliphatic rings. The number of thiophene rings is 1. The molecule has 118 valence electrons. The largest absolute Gasteiger partial charge is 0.300 e. The molecule has 0 spiro atoms. The molecule has 0 fully saturated rings. The summed E-state index contributed by atoms with van der Waals surface area (Å²) in [5, 5.41) is 14.5. The van der Waals surface area contributed by atoms with Gasteiger partial charge in [0, 0.05) is 16.4 Å². The van der Waals surface area contributed by atoms with E-state index in [-0.39, 0.29) is 5.91 Å². The van der Waals surface area contributed by atoms with Crippen molar-refractivity contribution in [3.63, 3.8) is 0 Å². The van der Waals surface area contributed by atoms with Gasteiger partial charge in [-0.25, -0.2) is 0 Å². The minimum atomic E-state index is -0.0490. The first-order valence-electron chi connectivity index (χ1n) is 7.06. The smallest absolute Gasteiger partial charge is 0.231 e. The minimum Gasteiger partial charge on any atom is -0.300 e. The van der Waals surface area contributed by atoms with Crippen molar-refractivity contribution in [1.82, 2.24) is 10.2 Å². The maximum atomic E-state index is 11.9. The van der Waals surface area contributed by atoms with Crippen molar-refractivity contribution in [2.24, 2.45) is 0 Å². The van der Waals surface area contributed by atoms with Gasteiger partial charge in [-0.3, -0.25) is 4.79 Å². The fraction of sp³-hybridized carbons (Fsp3) is 0.188. The van der Waals surface area contributed by atoms with Gasteiger partial charge in [-0.15, -0.1) is 33.3 Å². The predicted octanol–water partition coefficient (Wildman–Crippen LogP) is 4.21. The number of anilines is 1. The Kier molecular flexibility index (Phi) is 5.79. The average Bonchev–Trinajstić information content (AvgIpc) is 3.20. The van der Waals surface area contributed by atoms with Crippen molar-refractivity contribution in [3.05, 3.63) is 63.3 Å². The topological polar surface area (TPSA) is 54.9 Å². The number of nitrogens with one attached hydrogen (secondary N) is 1. The molecule has 2 aromatic heterocycles. The Morgan fingerprint density at radius 2 is 1.96 bits per heavy atom. The number of hydrogen-bond donors (Lipinski definition) is 1. The Morgan fingerprint density at radius 1 is 1.09 bits per heavy atom. The number of amides is 1. The lowest BCUT2D eigenvalue weighted by atomic mass is 10.2. The van der Waals surface area contributed by atoms with Gasteiger partial charge in [0.05, 0.1) is 6.42 Å². The third-order valence-corrected chi connectivity index (χ3v) is 5.88. The average molecular weight is 362 g/mol. The molecule has 0 atom stereocenters. The van der Waals surface area contributed by atoms with Crippen LogP contribution in [-0.4, -0.2) is 16.1 Å². The van der Waals surface area contributed by atoms with Crippen molar-refractivity contribution >= 4 is 45.5 Å². The fourth-order valence-corrected chi connectivity index (χ4v) is 4.43. The van der Waals surface area contributed by atoms with E-state index in [0.717, 1.165) is 21.4 Å². The molecule has 0 aliphatic heterocycles. The molecule has 0 radical (unpaired) electrons. The van der Waals surface area contributed by atoms with Crippen LogP contribution in [0.1, 0.15) is 15.4 Å². The Bertz CT molecular complexity index is 741. The van der Waals surface area contributed by atoms with E-state index in [4.69, 9.17) is 0 Å². The van der Waals surface area contributed by atoms with Gasteiger partial charge in [0.15, 0.2) is 0 Å². The summed E-state index contributed by atoms with van der Waals surface area (Å²) in [6.45, 7) is 0. The number of benzene rings is 1. The quantitative estimate of drug-likeness (QED) is 0.685. The van der Waals surface area contributed by atoms with Gasteiger partial charge in [0.25, 0.3) is 0 Å². The summed E-state index contributed by atoms with van der Waals surface area (Å²) in [5.41, 5.74) is 1.30. The number of carbonyl (C=O) groups excluding carboxylic acids is 1. The van der Waals surface area contributed by atoms with Crippen LogP contribution in [0.25, 0.3) is 0 Å². The number of aromatic nitrogens is 2. The molecule has 1 amide bonds. The lowest BCUT2D eigenvalue weighted by Gasteiger charge is -1.99. The van der Waals surface area contributed by atoms with Crippen molar-refractivity contribution < 1.29 is 4.79 Å². The standard InChI is InChI=1S/C16H15N3OS3/c20-14(9-13-7-4-8-22-13)17-16-19-18-15(23-16)11-21-10-12-5-2-1-3-6-12/h1-8H,9-11H2,(H,17,19,20). The van der Waals surface area contributed by atoms with E-state index >= 15 is 0 Å². The number of hydrogen-bond acceptors (Lipinski definition) is 6. The molecule has 2 heterocycles. The molecule has 3 rings (SSSR count). The van der Waals surface area contributed by atoms with Crippen LogP contribution in [0.2, 0.25) is 0 Å². The van der Waals surface area contributed by atoms with Gasteiger partial charge in [0.1, 0.15) is 5.01 Å². The normalized spacial score (nSPS) is 10.6. The van der Waals surface area contributed by atoms with Crippen molar-refractivity contribution in [1.29, 1.82) is 0 Å². The second kappa shape index (κ2) is 8.24. The van der Waals surface area contributed by atoms with Gasteiger partial charge in [0.2, 0.25) is 11.0 Å². The van der Waals surface area contributed by atoms with Crippen LogP contribution in [0, 0.1) is 0 Å². The summed E-state index contributed by atoms with van der Waals surface area (Å²) in [4.78, 5) is 13.0. The van der Waals surface area contributed by atoms with Crippen LogP contribution in [0.4, 0.5) is 5.13 Å². The molecular formula is C16H15N3OS3. The van der Waals surface area contributed by atoms with Gasteiger partial charge < -0.3 is 5.32 Å². The van der Waals surface area contributed by atoms with Gasteiger partial charge in [-0.2, -0.15) is 0 Å². The Labute approximate surface area is 147 Å². The zero-order valence-corrected chi connectivity index (χ0v) is 14.7. The molecule has 1 aromatic carbocycles. The number of rotatable bonds is 7. The number of carbonyl (C=O) groups is 1. The molecule has 1 N–H and O–H groups in total. The molecule has 23 heavy (non-hydrogen) atoms. The van der Waals surface area contributed by atoms with Crippen molar-refractivity contribution in [3.8, 4) is 0 Å². The van der Waals surface area contributed by atoms with E-state index in [1.54, 1.807) is 23.1 Å². The maximum Gasteiger partial charge on any atom is 0.231 e. The molecular weight excluding hydrogens is 346 g/mol. The molecule has 0 aliphatic carbocycles. The van der Waals surface area contributed by atoms with Crippen molar-refractivity contribution in [2.75, 3.05) is 5.32 Å². The lowest BCUT2D eigenvalue weighted by molar-refractivity contribution is -0.115. The third kappa shape index (κ3) is 5.16. The van der Waals surface area contributed by atoms with E-state index in [2.05, 4.69) is 27.6 Å². The highest BCUT2D eigenvalue weighted by Gasteiger charge is 2.09. The SMILES string of the molecule is O=C(Cc1cccs1)Nc1nnc(CSCc2ccccc2)s1. The Morgan fingerprint density at radius 3 is 2.74 bits per heavy atom. The second-order valence-electron chi connectivity index (χ2n) is 4.78. The highest BCUT2D eigenvalue weighted by atomic mass is 32.2. The first-order valence-corrected chi connectivity index (χ1v) is 9.91.